The van der Waals surface area contributed by atoms with Crippen molar-refractivity contribution in [2.75, 3.05) is 6.54 Å². The number of phenolic OH excluding ortho intramolecular Hbond substituents is 1. The number of carbonyl (C=O) groups excluding carboxylic acids is 3. The fraction of sp³-hybridized carbons (Fsp3) is 0.324. The van der Waals surface area contributed by atoms with Gasteiger partial charge in [-0.2, -0.15) is 0 Å². The van der Waals surface area contributed by atoms with Crippen molar-refractivity contribution in [3.8, 4) is 18.1 Å². The van der Waals surface area contributed by atoms with E-state index < -0.39 is 29.7 Å². The maximum atomic E-state index is 14.3. The number of benzene rings is 3. The highest BCUT2D eigenvalue weighted by atomic mass is 16.6. The normalized spacial score (nSPS) is 12.4. The summed E-state index contributed by atoms with van der Waals surface area (Å²) in [6.45, 7) is 7.65. The molecular formula is C34H39N3O5. The summed E-state index contributed by atoms with van der Waals surface area (Å²) >= 11 is 0. The van der Waals surface area contributed by atoms with Crippen molar-refractivity contribution < 1.29 is 24.2 Å². The Hall–Kier alpha value is -4.77. The van der Waals surface area contributed by atoms with Crippen molar-refractivity contribution in [2.24, 2.45) is 0 Å². The third-order valence-electron chi connectivity index (χ3n) is 6.38. The van der Waals surface area contributed by atoms with E-state index in [1.54, 1.807) is 57.2 Å². The molecule has 0 aliphatic rings. The van der Waals surface area contributed by atoms with Gasteiger partial charge in [0.1, 0.15) is 23.4 Å². The topological polar surface area (TPSA) is 108 Å². The van der Waals surface area contributed by atoms with E-state index in [-0.39, 0.29) is 31.2 Å². The maximum absolute atomic E-state index is 14.3. The standard InChI is InChI=1S/C34H39N3O5/c1-6-21-37(32(40)29(36-33(41)42-34(3,4)5)22-25-15-19-28(38)20-16-25)30(27-17-13-24(7-2)14-18-27)31(39)35-23-26-11-9-8-10-12-26/h2,8-20,29-30,38H,6,21-23H2,1,3-5H3,(H,35,39)(H,36,41). The fourth-order valence-corrected chi connectivity index (χ4v) is 4.44. The molecule has 3 N–H and O–H groups in total. The molecule has 2 unspecified atom stereocenters. The molecular weight excluding hydrogens is 530 g/mol. The predicted molar refractivity (Wildman–Crippen MR) is 162 cm³/mol. The van der Waals surface area contributed by atoms with E-state index in [4.69, 9.17) is 11.2 Å². The van der Waals surface area contributed by atoms with Gasteiger partial charge in [-0.15, -0.1) is 6.42 Å². The lowest BCUT2D eigenvalue weighted by Crippen LogP contribution is -2.54. The van der Waals surface area contributed by atoms with E-state index in [1.165, 1.54) is 17.0 Å². The number of ether oxygens (including phenoxy) is 1. The van der Waals surface area contributed by atoms with Crippen LogP contribution in [0.2, 0.25) is 0 Å². The van der Waals surface area contributed by atoms with Crippen molar-refractivity contribution >= 4 is 17.9 Å². The van der Waals surface area contributed by atoms with Gasteiger partial charge in [-0.3, -0.25) is 9.59 Å². The SMILES string of the molecule is C#Cc1ccc(C(C(=O)NCc2ccccc2)N(CCC)C(=O)C(Cc2ccc(O)cc2)NC(=O)OC(C)(C)C)cc1. The summed E-state index contributed by atoms with van der Waals surface area (Å²) in [6.07, 6.45) is 5.49. The van der Waals surface area contributed by atoms with Gasteiger partial charge in [0.05, 0.1) is 0 Å². The highest BCUT2D eigenvalue weighted by molar-refractivity contribution is 5.92. The summed E-state index contributed by atoms with van der Waals surface area (Å²) < 4.78 is 5.46. The van der Waals surface area contributed by atoms with E-state index >= 15 is 0 Å². The number of hydrogen-bond donors (Lipinski definition) is 3. The highest BCUT2D eigenvalue weighted by Crippen LogP contribution is 2.25. The first-order valence-corrected chi connectivity index (χ1v) is 14.0. The summed E-state index contributed by atoms with van der Waals surface area (Å²) in [5, 5.41) is 15.4. The number of aromatic hydroxyl groups is 1. The number of nitrogens with one attached hydrogen (secondary N) is 2. The van der Waals surface area contributed by atoms with Gasteiger partial charge in [0.25, 0.3) is 0 Å². The molecule has 8 nitrogen and oxygen atoms in total. The van der Waals surface area contributed by atoms with E-state index in [0.29, 0.717) is 23.1 Å². The first-order chi connectivity index (χ1) is 20.0. The summed E-state index contributed by atoms with van der Waals surface area (Å²) in [4.78, 5) is 42.5. The Bertz CT molecular complexity index is 1370. The minimum absolute atomic E-state index is 0.0832. The third kappa shape index (κ3) is 9.41. The second-order valence-electron chi connectivity index (χ2n) is 11.0. The Morgan fingerprint density at radius 1 is 0.952 bits per heavy atom. The zero-order chi connectivity index (χ0) is 30.7. The Morgan fingerprint density at radius 3 is 2.17 bits per heavy atom. The Balaban J connectivity index is 2.00. The second-order valence-corrected chi connectivity index (χ2v) is 11.0. The van der Waals surface area contributed by atoms with Gasteiger partial charge >= 0.3 is 6.09 Å². The van der Waals surface area contributed by atoms with Gasteiger partial charge in [0.2, 0.25) is 11.8 Å². The molecule has 0 aliphatic carbocycles. The Labute approximate surface area is 248 Å². The van der Waals surface area contributed by atoms with Crippen LogP contribution in [0.1, 0.15) is 62.4 Å². The van der Waals surface area contributed by atoms with Crippen LogP contribution in [-0.4, -0.2) is 46.1 Å². The van der Waals surface area contributed by atoms with Gasteiger partial charge in [-0.25, -0.2) is 4.79 Å². The number of terminal acetylenes is 1. The molecule has 0 fully saturated rings. The molecule has 0 heterocycles. The fourth-order valence-electron chi connectivity index (χ4n) is 4.44. The van der Waals surface area contributed by atoms with Crippen molar-refractivity contribution in [3.05, 3.63) is 101 Å². The van der Waals surface area contributed by atoms with Crippen LogP contribution in [0, 0.1) is 12.3 Å². The molecule has 3 aromatic rings. The summed E-state index contributed by atoms with van der Waals surface area (Å²) in [7, 11) is 0. The zero-order valence-corrected chi connectivity index (χ0v) is 24.6. The summed E-state index contributed by atoms with van der Waals surface area (Å²) in [6, 6.07) is 20.8. The molecule has 2 atom stereocenters. The zero-order valence-electron chi connectivity index (χ0n) is 24.6. The molecule has 0 saturated heterocycles. The minimum atomic E-state index is -1.05. The van der Waals surface area contributed by atoms with E-state index in [2.05, 4.69) is 16.6 Å². The van der Waals surface area contributed by atoms with Gasteiger partial charge in [0, 0.05) is 25.1 Å². The van der Waals surface area contributed by atoms with Crippen LogP contribution in [0.25, 0.3) is 0 Å². The average molecular weight is 570 g/mol. The van der Waals surface area contributed by atoms with Crippen molar-refractivity contribution in [1.29, 1.82) is 0 Å². The first-order valence-electron chi connectivity index (χ1n) is 14.0. The number of amides is 3. The number of nitrogens with zero attached hydrogens (tertiary/aromatic N) is 1. The minimum Gasteiger partial charge on any atom is -0.508 e. The van der Waals surface area contributed by atoms with Crippen molar-refractivity contribution in [2.45, 2.75) is 64.8 Å². The Kier molecular flexibility index (Phi) is 11.1. The number of carbonyl (C=O) groups is 3. The molecule has 42 heavy (non-hydrogen) atoms. The van der Waals surface area contributed by atoms with Gasteiger partial charge in [0.15, 0.2) is 0 Å². The number of hydrogen-bond acceptors (Lipinski definition) is 5. The lowest BCUT2D eigenvalue weighted by molar-refractivity contribution is -0.142. The molecule has 0 aromatic heterocycles. The smallest absolute Gasteiger partial charge is 0.408 e. The third-order valence-corrected chi connectivity index (χ3v) is 6.38. The maximum Gasteiger partial charge on any atom is 0.408 e. The highest BCUT2D eigenvalue weighted by Gasteiger charge is 2.36. The number of rotatable bonds is 11. The molecule has 3 aromatic carbocycles. The van der Waals surface area contributed by atoms with Crippen LogP contribution >= 0.6 is 0 Å². The van der Waals surface area contributed by atoms with Crippen LogP contribution in [0.4, 0.5) is 4.79 Å². The molecule has 220 valence electrons. The van der Waals surface area contributed by atoms with Crippen LogP contribution in [0.15, 0.2) is 78.9 Å². The van der Waals surface area contributed by atoms with Gasteiger partial charge in [-0.05, 0) is 68.1 Å². The van der Waals surface area contributed by atoms with Crippen LogP contribution in [0.5, 0.6) is 5.75 Å². The van der Waals surface area contributed by atoms with E-state index in [1.807, 2.05) is 37.3 Å². The van der Waals surface area contributed by atoms with Crippen LogP contribution in [0.3, 0.4) is 0 Å². The van der Waals surface area contributed by atoms with Crippen molar-refractivity contribution in [1.82, 2.24) is 15.5 Å². The average Bonchev–Trinajstić information content (AvgIpc) is 2.96. The van der Waals surface area contributed by atoms with E-state index in [0.717, 1.165) is 5.56 Å². The number of phenols is 1. The van der Waals surface area contributed by atoms with Gasteiger partial charge < -0.3 is 25.4 Å². The van der Waals surface area contributed by atoms with Gasteiger partial charge in [-0.1, -0.05) is 67.4 Å². The molecule has 0 saturated carbocycles. The quantitative estimate of drug-likeness (QED) is 0.278. The van der Waals surface area contributed by atoms with Crippen molar-refractivity contribution in [3.63, 3.8) is 0 Å². The van der Waals surface area contributed by atoms with Crippen LogP contribution < -0.4 is 10.6 Å². The molecule has 0 spiro atoms. The molecule has 8 heteroatoms. The molecule has 3 amide bonds. The lowest BCUT2D eigenvalue weighted by Gasteiger charge is -2.34. The number of alkyl carbamates (subject to hydrolysis) is 1. The summed E-state index contributed by atoms with van der Waals surface area (Å²) in [5.41, 5.74) is 2.08. The monoisotopic (exact) mass is 569 g/mol. The lowest BCUT2D eigenvalue weighted by atomic mass is 9.99. The molecule has 0 bridgehead atoms. The molecule has 0 radical (unpaired) electrons. The molecule has 3 rings (SSSR count). The van der Waals surface area contributed by atoms with Crippen LogP contribution in [-0.2, 0) is 27.3 Å². The largest absolute Gasteiger partial charge is 0.508 e. The predicted octanol–water partition coefficient (Wildman–Crippen LogP) is 5.11. The first kappa shape index (κ1) is 31.8. The Morgan fingerprint density at radius 2 is 1.60 bits per heavy atom. The second kappa shape index (κ2) is 14.7. The van der Waals surface area contributed by atoms with E-state index in [9.17, 15) is 19.5 Å². The summed E-state index contributed by atoms with van der Waals surface area (Å²) in [5.74, 6) is 1.85. The molecule has 0 aliphatic heterocycles.